The van der Waals surface area contributed by atoms with Gasteiger partial charge >= 0.3 is 0 Å². The zero-order valence-corrected chi connectivity index (χ0v) is 13.1. The molecule has 2 rings (SSSR count). The minimum Gasteiger partial charge on any atom is -0.497 e. The number of hydrogen-bond donors (Lipinski definition) is 1. The standard InChI is InChI=1S/C16H21N3O3/c1-4-7-19-16(20)11(10-17)8-14(18-19)13-6-5-12(21-2)9-15(13)22-3/h5-6,8-9H,4,7,10,17H2,1-3H3. The van der Waals surface area contributed by atoms with Crippen LogP contribution in [0.4, 0.5) is 0 Å². The number of nitrogens with two attached hydrogens (primary N) is 1. The van der Waals surface area contributed by atoms with Gasteiger partial charge in [0.25, 0.3) is 5.56 Å². The van der Waals surface area contributed by atoms with Gasteiger partial charge in [-0.25, -0.2) is 4.68 Å². The molecule has 22 heavy (non-hydrogen) atoms. The second kappa shape index (κ2) is 7.09. The minimum atomic E-state index is -0.138. The molecular formula is C16H21N3O3. The monoisotopic (exact) mass is 303 g/mol. The fraction of sp³-hybridized carbons (Fsp3) is 0.375. The summed E-state index contributed by atoms with van der Waals surface area (Å²) < 4.78 is 12.1. The van der Waals surface area contributed by atoms with Crippen LogP contribution in [0.2, 0.25) is 0 Å². The Bertz CT molecular complexity index is 710. The van der Waals surface area contributed by atoms with Crippen LogP contribution in [0, 0.1) is 0 Å². The summed E-state index contributed by atoms with van der Waals surface area (Å²) >= 11 is 0. The number of rotatable bonds is 6. The van der Waals surface area contributed by atoms with Gasteiger partial charge in [-0.3, -0.25) is 4.79 Å². The lowest BCUT2D eigenvalue weighted by atomic mass is 10.1. The molecule has 6 nitrogen and oxygen atoms in total. The van der Waals surface area contributed by atoms with E-state index in [4.69, 9.17) is 15.2 Å². The largest absolute Gasteiger partial charge is 0.497 e. The molecule has 0 amide bonds. The molecule has 0 saturated heterocycles. The van der Waals surface area contributed by atoms with Gasteiger partial charge in [-0.1, -0.05) is 6.92 Å². The maximum Gasteiger partial charge on any atom is 0.271 e. The SMILES string of the molecule is CCCn1nc(-c2ccc(OC)cc2OC)cc(CN)c1=O. The van der Waals surface area contributed by atoms with Crippen LogP contribution in [0.1, 0.15) is 18.9 Å². The summed E-state index contributed by atoms with van der Waals surface area (Å²) in [5.74, 6) is 1.33. The van der Waals surface area contributed by atoms with Crippen LogP contribution in [0.15, 0.2) is 29.1 Å². The third-order valence-corrected chi connectivity index (χ3v) is 3.39. The lowest BCUT2D eigenvalue weighted by Gasteiger charge is -2.13. The molecule has 0 saturated carbocycles. The van der Waals surface area contributed by atoms with Gasteiger partial charge in [0, 0.05) is 30.3 Å². The molecular weight excluding hydrogens is 282 g/mol. The molecule has 0 aliphatic carbocycles. The summed E-state index contributed by atoms with van der Waals surface area (Å²) in [5.41, 5.74) is 7.54. The van der Waals surface area contributed by atoms with E-state index in [9.17, 15) is 4.79 Å². The van der Waals surface area contributed by atoms with E-state index in [0.29, 0.717) is 29.3 Å². The van der Waals surface area contributed by atoms with Crippen molar-refractivity contribution in [2.24, 2.45) is 5.73 Å². The topological polar surface area (TPSA) is 79.4 Å². The molecule has 0 radical (unpaired) electrons. The second-order valence-electron chi connectivity index (χ2n) is 4.85. The molecule has 0 spiro atoms. The average Bonchev–Trinajstić information content (AvgIpc) is 2.56. The highest BCUT2D eigenvalue weighted by atomic mass is 16.5. The Labute approximate surface area is 129 Å². The van der Waals surface area contributed by atoms with Crippen LogP contribution in [-0.4, -0.2) is 24.0 Å². The Morgan fingerprint density at radius 3 is 2.59 bits per heavy atom. The van der Waals surface area contributed by atoms with E-state index in [1.807, 2.05) is 19.1 Å². The maximum absolute atomic E-state index is 12.2. The number of aromatic nitrogens is 2. The van der Waals surface area contributed by atoms with E-state index in [1.165, 1.54) is 4.68 Å². The Morgan fingerprint density at radius 2 is 2.00 bits per heavy atom. The average molecular weight is 303 g/mol. The van der Waals surface area contributed by atoms with Crippen LogP contribution in [0.5, 0.6) is 11.5 Å². The highest BCUT2D eigenvalue weighted by molar-refractivity contribution is 5.68. The Kier molecular flexibility index (Phi) is 5.16. The van der Waals surface area contributed by atoms with E-state index in [-0.39, 0.29) is 12.1 Å². The van der Waals surface area contributed by atoms with Gasteiger partial charge in [-0.05, 0) is 24.6 Å². The third kappa shape index (κ3) is 3.12. The zero-order valence-electron chi connectivity index (χ0n) is 13.1. The summed E-state index contributed by atoms with van der Waals surface area (Å²) in [5, 5.41) is 4.43. The number of benzene rings is 1. The van der Waals surface area contributed by atoms with Gasteiger partial charge in [-0.15, -0.1) is 0 Å². The summed E-state index contributed by atoms with van der Waals surface area (Å²) in [6.07, 6.45) is 0.820. The number of hydrogen-bond acceptors (Lipinski definition) is 5. The van der Waals surface area contributed by atoms with Crippen LogP contribution in [-0.2, 0) is 13.1 Å². The maximum atomic E-state index is 12.2. The van der Waals surface area contributed by atoms with Crippen molar-refractivity contribution in [1.82, 2.24) is 9.78 Å². The molecule has 0 bridgehead atoms. The molecule has 1 aromatic heterocycles. The van der Waals surface area contributed by atoms with Crippen LogP contribution in [0.25, 0.3) is 11.3 Å². The van der Waals surface area contributed by atoms with Crippen molar-refractivity contribution in [3.05, 3.63) is 40.2 Å². The number of ether oxygens (including phenoxy) is 2. The number of methoxy groups -OCH3 is 2. The highest BCUT2D eigenvalue weighted by Gasteiger charge is 2.13. The molecule has 2 N–H and O–H groups in total. The second-order valence-corrected chi connectivity index (χ2v) is 4.85. The van der Waals surface area contributed by atoms with Crippen molar-refractivity contribution in [1.29, 1.82) is 0 Å². The van der Waals surface area contributed by atoms with Gasteiger partial charge in [0.1, 0.15) is 11.5 Å². The van der Waals surface area contributed by atoms with Crippen LogP contribution >= 0.6 is 0 Å². The first-order chi connectivity index (χ1) is 10.6. The molecule has 1 heterocycles. The van der Waals surface area contributed by atoms with Gasteiger partial charge < -0.3 is 15.2 Å². The number of nitrogens with zero attached hydrogens (tertiary/aromatic N) is 2. The molecule has 0 aliphatic rings. The molecule has 0 unspecified atom stereocenters. The van der Waals surface area contributed by atoms with Crippen molar-refractivity contribution >= 4 is 0 Å². The number of aryl methyl sites for hydroxylation is 1. The molecule has 0 aliphatic heterocycles. The van der Waals surface area contributed by atoms with Crippen molar-refractivity contribution in [2.75, 3.05) is 14.2 Å². The van der Waals surface area contributed by atoms with E-state index in [1.54, 1.807) is 26.4 Å². The van der Waals surface area contributed by atoms with Crippen molar-refractivity contribution in [3.63, 3.8) is 0 Å². The fourth-order valence-corrected chi connectivity index (χ4v) is 2.25. The normalized spacial score (nSPS) is 10.5. The zero-order chi connectivity index (χ0) is 16.1. The molecule has 118 valence electrons. The molecule has 1 aromatic carbocycles. The van der Waals surface area contributed by atoms with E-state index in [2.05, 4.69) is 5.10 Å². The van der Waals surface area contributed by atoms with Crippen LogP contribution in [0.3, 0.4) is 0 Å². The predicted octanol–water partition coefficient (Wildman–Crippen LogP) is 1.80. The van der Waals surface area contributed by atoms with E-state index in [0.717, 1.165) is 12.0 Å². The Balaban J connectivity index is 2.61. The first-order valence-corrected chi connectivity index (χ1v) is 7.18. The molecule has 2 aromatic rings. The summed E-state index contributed by atoms with van der Waals surface area (Å²) in [6.45, 7) is 2.73. The molecule has 0 fully saturated rings. The summed E-state index contributed by atoms with van der Waals surface area (Å²) in [6, 6.07) is 7.20. The molecule has 0 atom stereocenters. The van der Waals surface area contributed by atoms with Crippen molar-refractivity contribution in [2.45, 2.75) is 26.4 Å². The van der Waals surface area contributed by atoms with Crippen molar-refractivity contribution < 1.29 is 9.47 Å². The fourth-order valence-electron chi connectivity index (χ4n) is 2.25. The van der Waals surface area contributed by atoms with Gasteiger partial charge in [0.05, 0.1) is 19.9 Å². The first kappa shape index (κ1) is 16.0. The molecule has 6 heteroatoms. The Hall–Kier alpha value is -2.34. The smallest absolute Gasteiger partial charge is 0.271 e. The van der Waals surface area contributed by atoms with Gasteiger partial charge in [0.15, 0.2) is 0 Å². The highest BCUT2D eigenvalue weighted by Crippen LogP contribution is 2.32. The lowest BCUT2D eigenvalue weighted by Crippen LogP contribution is -2.28. The van der Waals surface area contributed by atoms with Crippen LogP contribution < -0.4 is 20.8 Å². The summed E-state index contributed by atoms with van der Waals surface area (Å²) in [7, 11) is 3.19. The quantitative estimate of drug-likeness (QED) is 0.880. The third-order valence-electron chi connectivity index (χ3n) is 3.39. The van der Waals surface area contributed by atoms with Gasteiger partial charge in [-0.2, -0.15) is 5.10 Å². The first-order valence-electron chi connectivity index (χ1n) is 7.18. The Morgan fingerprint density at radius 1 is 1.23 bits per heavy atom. The van der Waals surface area contributed by atoms with Crippen molar-refractivity contribution in [3.8, 4) is 22.8 Å². The minimum absolute atomic E-state index is 0.138. The summed E-state index contributed by atoms with van der Waals surface area (Å²) in [4.78, 5) is 12.2. The van der Waals surface area contributed by atoms with E-state index < -0.39 is 0 Å². The van der Waals surface area contributed by atoms with Gasteiger partial charge in [0.2, 0.25) is 0 Å². The lowest BCUT2D eigenvalue weighted by molar-refractivity contribution is 0.395. The predicted molar refractivity (Wildman–Crippen MR) is 85.2 cm³/mol. The van der Waals surface area contributed by atoms with E-state index >= 15 is 0 Å².